The van der Waals surface area contributed by atoms with Gasteiger partial charge >= 0.3 is 6.03 Å². The molecule has 204 valence electrons. The zero-order chi connectivity index (χ0) is 27.8. The second-order valence-corrected chi connectivity index (χ2v) is 9.09. The number of Topliss-reactive ketones (excluding diaryl/α,β-unsaturated/α-hetero) is 1. The van der Waals surface area contributed by atoms with Gasteiger partial charge in [-0.1, -0.05) is 6.92 Å². The molecule has 2 rings (SSSR count). The molecule has 2 amide bonds. The van der Waals surface area contributed by atoms with E-state index in [1.807, 2.05) is 0 Å². The van der Waals surface area contributed by atoms with Crippen molar-refractivity contribution in [2.24, 2.45) is 0 Å². The van der Waals surface area contributed by atoms with Gasteiger partial charge in [-0.3, -0.25) is 15.1 Å². The Morgan fingerprint density at radius 3 is 2.24 bits per heavy atom. The summed E-state index contributed by atoms with van der Waals surface area (Å²) in [7, 11) is -1.12. The molecule has 2 atom stereocenters. The average Bonchev–Trinajstić information content (AvgIpc) is 2.86. The fraction of sp³-hybridized carbons (Fsp3) is 0.500. The van der Waals surface area contributed by atoms with Crippen molar-refractivity contribution in [1.82, 2.24) is 19.7 Å². The van der Waals surface area contributed by atoms with Crippen molar-refractivity contribution in [2.45, 2.75) is 50.5 Å². The van der Waals surface area contributed by atoms with E-state index in [0.717, 1.165) is 20.2 Å². The number of ketones is 1. The van der Waals surface area contributed by atoms with E-state index in [1.165, 1.54) is 26.4 Å². The van der Waals surface area contributed by atoms with E-state index in [2.05, 4.69) is 20.3 Å². The van der Waals surface area contributed by atoms with Gasteiger partial charge in [0, 0.05) is 31.9 Å². The zero-order valence-electron chi connectivity index (χ0n) is 21.3. The standard InChI is InChI=1S/C22H30FN5O8S/c1-7-9-15(29)14-10-11-24-19(22(35-6,13(3)23)36-8-2)18(14)37(31,32)28-21(30)27-20-25-16(33-4)12-17(26-20)34-5/h10-13H,7-9H2,1-6H3,(H2,25,26,27,28,30). The van der Waals surface area contributed by atoms with Crippen LogP contribution < -0.4 is 19.5 Å². The topological polar surface area (TPSA) is 168 Å². The number of carbonyl (C=O) groups excluding carboxylic acids is 2. The predicted octanol–water partition coefficient (Wildman–Crippen LogP) is 2.58. The van der Waals surface area contributed by atoms with Crippen molar-refractivity contribution < 1.29 is 41.3 Å². The lowest BCUT2D eigenvalue weighted by atomic mass is 10.0. The van der Waals surface area contributed by atoms with Crippen molar-refractivity contribution >= 4 is 27.8 Å². The Kier molecular flexibility index (Phi) is 10.2. The summed E-state index contributed by atoms with van der Waals surface area (Å²) >= 11 is 0. The van der Waals surface area contributed by atoms with Crippen molar-refractivity contribution in [2.75, 3.05) is 33.3 Å². The molecule has 2 heterocycles. The van der Waals surface area contributed by atoms with E-state index in [0.29, 0.717) is 6.42 Å². The summed E-state index contributed by atoms with van der Waals surface area (Å²) in [5, 5.41) is 2.16. The lowest BCUT2D eigenvalue weighted by Crippen LogP contribution is -2.44. The highest BCUT2D eigenvalue weighted by Gasteiger charge is 2.47. The van der Waals surface area contributed by atoms with Crippen LogP contribution in [0.4, 0.5) is 15.1 Å². The fourth-order valence-electron chi connectivity index (χ4n) is 3.42. The Labute approximate surface area is 214 Å². The van der Waals surface area contributed by atoms with Gasteiger partial charge < -0.3 is 18.9 Å². The molecule has 0 aliphatic carbocycles. The third-order valence-electron chi connectivity index (χ3n) is 5.02. The van der Waals surface area contributed by atoms with Crippen LogP contribution in [-0.2, 0) is 25.3 Å². The lowest BCUT2D eigenvalue weighted by Gasteiger charge is -2.34. The molecule has 15 heteroatoms. The van der Waals surface area contributed by atoms with Crippen LogP contribution in [-0.4, -0.2) is 69.3 Å². The number of nitrogens with one attached hydrogen (secondary N) is 2. The number of aromatic nitrogens is 3. The molecule has 13 nitrogen and oxygen atoms in total. The number of carbonyl (C=O) groups is 2. The van der Waals surface area contributed by atoms with Crippen molar-refractivity contribution in [3.8, 4) is 11.8 Å². The Hall–Kier alpha value is -3.43. The van der Waals surface area contributed by atoms with Gasteiger partial charge in [0.25, 0.3) is 10.0 Å². The van der Waals surface area contributed by atoms with Gasteiger partial charge in [0.1, 0.15) is 10.6 Å². The summed E-state index contributed by atoms with van der Waals surface area (Å²) in [6, 6.07) is 1.22. The quantitative estimate of drug-likeness (QED) is 0.281. The van der Waals surface area contributed by atoms with Crippen LogP contribution in [0.3, 0.4) is 0 Å². The van der Waals surface area contributed by atoms with Gasteiger partial charge in [-0.15, -0.1) is 0 Å². The van der Waals surface area contributed by atoms with Crippen LogP contribution in [0.2, 0.25) is 0 Å². The second-order valence-electron chi connectivity index (χ2n) is 7.47. The summed E-state index contributed by atoms with van der Waals surface area (Å²) in [5.74, 6) is -3.13. The number of methoxy groups -OCH3 is 3. The first-order chi connectivity index (χ1) is 17.5. The largest absolute Gasteiger partial charge is 0.481 e. The number of amides is 2. The van der Waals surface area contributed by atoms with E-state index < -0.39 is 44.4 Å². The first-order valence-electron chi connectivity index (χ1n) is 11.2. The molecule has 2 N–H and O–H groups in total. The second kappa shape index (κ2) is 12.7. The zero-order valence-corrected chi connectivity index (χ0v) is 22.1. The van der Waals surface area contributed by atoms with Crippen molar-refractivity contribution in [3.63, 3.8) is 0 Å². The lowest BCUT2D eigenvalue weighted by molar-refractivity contribution is -0.265. The number of hydrogen-bond donors (Lipinski definition) is 2. The molecule has 0 saturated carbocycles. The summed E-state index contributed by atoms with van der Waals surface area (Å²) in [4.78, 5) is 36.6. The van der Waals surface area contributed by atoms with Crippen LogP contribution >= 0.6 is 0 Å². The molecule has 0 aliphatic rings. The number of rotatable bonds is 13. The van der Waals surface area contributed by atoms with Crippen LogP contribution in [0, 0.1) is 0 Å². The highest BCUT2D eigenvalue weighted by Crippen LogP contribution is 2.37. The SMILES string of the molecule is CCCC(=O)c1ccnc(C(OC)(OCC)C(C)F)c1S(=O)(=O)NC(=O)Nc1nc(OC)cc(OC)n1. The van der Waals surface area contributed by atoms with E-state index in [4.69, 9.17) is 18.9 Å². The summed E-state index contributed by atoms with van der Waals surface area (Å²) in [6.45, 7) is 4.28. The molecule has 0 saturated heterocycles. The van der Waals surface area contributed by atoms with Gasteiger partial charge in [0.2, 0.25) is 23.5 Å². The average molecular weight is 544 g/mol. The van der Waals surface area contributed by atoms with Crippen LogP contribution in [0.5, 0.6) is 11.8 Å². The monoisotopic (exact) mass is 543 g/mol. The summed E-state index contributed by atoms with van der Waals surface area (Å²) in [5.41, 5.74) is -0.846. The van der Waals surface area contributed by atoms with E-state index in [1.54, 1.807) is 18.6 Å². The number of alkyl halides is 1. The maximum absolute atomic E-state index is 14.9. The number of urea groups is 1. The number of ether oxygens (including phenoxy) is 4. The Morgan fingerprint density at radius 1 is 1.14 bits per heavy atom. The Bertz CT molecular complexity index is 1210. The number of pyridine rings is 1. The predicted molar refractivity (Wildman–Crippen MR) is 129 cm³/mol. The minimum absolute atomic E-state index is 0.0184. The summed E-state index contributed by atoms with van der Waals surface area (Å²) < 4.78 is 64.6. The maximum Gasteiger partial charge on any atom is 0.335 e. The van der Waals surface area contributed by atoms with E-state index in [-0.39, 0.29) is 36.3 Å². The third-order valence-corrected chi connectivity index (χ3v) is 6.42. The van der Waals surface area contributed by atoms with Crippen molar-refractivity contribution in [1.29, 1.82) is 0 Å². The number of hydrogen-bond acceptors (Lipinski definition) is 11. The minimum atomic E-state index is -4.87. The summed E-state index contributed by atoms with van der Waals surface area (Å²) in [6.07, 6.45) is -0.403. The van der Waals surface area contributed by atoms with Gasteiger partial charge in [-0.05, 0) is 26.3 Å². The van der Waals surface area contributed by atoms with Gasteiger partial charge in [0.05, 0.1) is 20.3 Å². The highest BCUT2D eigenvalue weighted by atomic mass is 32.2. The molecule has 0 aliphatic heterocycles. The van der Waals surface area contributed by atoms with Crippen LogP contribution in [0.15, 0.2) is 23.2 Å². The van der Waals surface area contributed by atoms with E-state index in [9.17, 15) is 22.4 Å². The fourth-order valence-corrected chi connectivity index (χ4v) is 4.74. The molecule has 2 aromatic heterocycles. The first kappa shape index (κ1) is 29.8. The van der Waals surface area contributed by atoms with Crippen LogP contribution in [0.25, 0.3) is 0 Å². The number of sulfonamides is 1. The van der Waals surface area contributed by atoms with Crippen molar-refractivity contribution in [3.05, 3.63) is 29.6 Å². The smallest absolute Gasteiger partial charge is 0.335 e. The van der Waals surface area contributed by atoms with E-state index >= 15 is 0 Å². The maximum atomic E-state index is 14.9. The van der Waals surface area contributed by atoms with Gasteiger partial charge in [0.15, 0.2) is 12.0 Å². The first-order valence-corrected chi connectivity index (χ1v) is 12.6. The molecule has 0 bridgehead atoms. The molecular formula is C22H30FN5O8S. The highest BCUT2D eigenvalue weighted by molar-refractivity contribution is 7.90. The normalized spacial score (nSPS) is 13.8. The number of nitrogens with zero attached hydrogens (tertiary/aromatic N) is 3. The van der Waals surface area contributed by atoms with Crippen LogP contribution in [0.1, 0.15) is 49.7 Å². The molecule has 37 heavy (non-hydrogen) atoms. The minimum Gasteiger partial charge on any atom is -0.481 e. The molecule has 0 fully saturated rings. The molecule has 2 unspecified atom stereocenters. The van der Waals surface area contributed by atoms with Gasteiger partial charge in [-0.2, -0.15) is 9.97 Å². The molecular weight excluding hydrogens is 513 g/mol. The molecule has 0 spiro atoms. The molecule has 0 aromatic carbocycles. The molecule has 2 aromatic rings. The van der Waals surface area contributed by atoms with Gasteiger partial charge in [-0.25, -0.2) is 22.3 Å². The Balaban J connectivity index is 2.63. The third kappa shape index (κ3) is 6.67. The number of halogens is 1. The number of anilines is 1. The molecule has 0 radical (unpaired) electrons. The Morgan fingerprint density at radius 2 is 1.76 bits per heavy atom.